The van der Waals surface area contributed by atoms with Gasteiger partial charge in [-0.2, -0.15) is 13.5 Å². The van der Waals surface area contributed by atoms with Crippen molar-refractivity contribution in [1.29, 1.82) is 0 Å². The molecule has 2 heterocycles. The lowest BCUT2D eigenvalue weighted by Crippen LogP contribution is -2.55. The number of pyridine rings is 2. The summed E-state index contributed by atoms with van der Waals surface area (Å²) < 4.78 is 39.1. The highest BCUT2D eigenvalue weighted by Gasteiger charge is 2.32. The van der Waals surface area contributed by atoms with E-state index in [1.807, 2.05) is 92.0 Å². The Kier molecular flexibility index (Phi) is 19.7. The lowest BCUT2D eigenvalue weighted by atomic mass is 9.87. The average Bonchev–Trinajstić information content (AvgIpc) is 3.35. The third kappa shape index (κ3) is 18.0. The van der Waals surface area contributed by atoms with E-state index < -0.39 is 99.4 Å². The fourth-order valence-electron chi connectivity index (χ4n) is 7.06. The number of nitrogens with zero attached hydrogens (tertiary/aromatic N) is 3. The monoisotopic (exact) mass is 1020 g/mol. The molecular formula is C50H54N8O14S. The molecule has 73 heavy (non-hydrogen) atoms. The van der Waals surface area contributed by atoms with Crippen LogP contribution in [0.25, 0.3) is 22.4 Å². The van der Waals surface area contributed by atoms with Crippen LogP contribution in [0, 0.1) is 5.41 Å². The van der Waals surface area contributed by atoms with Crippen molar-refractivity contribution in [3.63, 3.8) is 0 Å². The SMILES string of the molecule is CC(C)(CCCCOc1cc(-c2ccccc2)cc(-c2ccccc2)n1)CNC(=O)C(CC(=O)NC(CC(=O)O)C(=O)NC(CC(=O)O)C(=O)O)NC(=O)c1ccc(NN=Cc2ccccc2S(=O)(=O)O)nc1. The molecule has 0 saturated heterocycles. The fourth-order valence-corrected chi connectivity index (χ4v) is 7.73. The summed E-state index contributed by atoms with van der Waals surface area (Å²) >= 11 is 0. The number of nitrogens with one attached hydrogen (secondary N) is 5. The number of anilines is 1. The van der Waals surface area contributed by atoms with Crippen LogP contribution in [0.2, 0.25) is 0 Å². The third-order valence-corrected chi connectivity index (χ3v) is 11.8. The summed E-state index contributed by atoms with van der Waals surface area (Å²) in [6.07, 6.45) is 1.13. The van der Waals surface area contributed by atoms with E-state index in [2.05, 4.69) is 31.5 Å². The summed E-state index contributed by atoms with van der Waals surface area (Å²) in [4.78, 5) is 96.8. The zero-order valence-corrected chi connectivity index (χ0v) is 40.4. The molecule has 5 aromatic rings. The fraction of sp³-hybridized carbons (Fsp3) is 0.280. The molecule has 9 N–H and O–H groups in total. The smallest absolute Gasteiger partial charge is 0.326 e. The van der Waals surface area contributed by atoms with Gasteiger partial charge in [-0.3, -0.25) is 38.7 Å². The number of hydrazone groups is 1. The predicted molar refractivity (Wildman–Crippen MR) is 265 cm³/mol. The summed E-state index contributed by atoms with van der Waals surface area (Å²) in [6, 6.07) is 26.0. The maximum absolute atomic E-state index is 13.9. The van der Waals surface area contributed by atoms with Crippen molar-refractivity contribution in [2.24, 2.45) is 10.5 Å². The number of amides is 4. The average molecular weight is 1020 g/mol. The number of aliphatic carboxylic acids is 3. The highest BCUT2D eigenvalue weighted by Crippen LogP contribution is 2.29. The van der Waals surface area contributed by atoms with E-state index in [-0.39, 0.29) is 23.5 Å². The first-order chi connectivity index (χ1) is 34.7. The van der Waals surface area contributed by atoms with Crippen molar-refractivity contribution in [2.45, 2.75) is 75.4 Å². The number of aromatic nitrogens is 2. The van der Waals surface area contributed by atoms with E-state index in [4.69, 9.17) is 14.8 Å². The zero-order chi connectivity index (χ0) is 53.1. The molecule has 0 aliphatic heterocycles. The lowest BCUT2D eigenvalue weighted by molar-refractivity contribution is -0.148. The van der Waals surface area contributed by atoms with Gasteiger partial charge in [0.05, 0.1) is 43.3 Å². The van der Waals surface area contributed by atoms with Crippen LogP contribution >= 0.6 is 0 Å². The molecule has 384 valence electrons. The van der Waals surface area contributed by atoms with Crippen LogP contribution in [0.15, 0.2) is 125 Å². The van der Waals surface area contributed by atoms with Crippen LogP contribution < -0.4 is 31.4 Å². The summed E-state index contributed by atoms with van der Waals surface area (Å²) in [5.41, 5.74) is 5.60. The Morgan fingerprint density at radius 3 is 1.97 bits per heavy atom. The van der Waals surface area contributed by atoms with Crippen molar-refractivity contribution < 1.29 is 66.6 Å². The molecule has 0 saturated carbocycles. The number of carboxylic acids is 3. The number of carbonyl (C=O) groups is 7. The van der Waals surface area contributed by atoms with E-state index in [1.54, 1.807) is 0 Å². The summed E-state index contributed by atoms with van der Waals surface area (Å²) in [5, 5.41) is 41.1. The van der Waals surface area contributed by atoms with Crippen molar-refractivity contribution in [3.05, 3.63) is 127 Å². The van der Waals surface area contributed by atoms with Gasteiger partial charge in [0.1, 0.15) is 28.8 Å². The molecule has 3 atom stereocenters. The highest BCUT2D eigenvalue weighted by atomic mass is 32.2. The predicted octanol–water partition coefficient (Wildman–Crippen LogP) is 4.39. The molecule has 0 aliphatic rings. The number of benzene rings is 3. The van der Waals surface area contributed by atoms with Crippen molar-refractivity contribution in [3.8, 4) is 28.3 Å². The summed E-state index contributed by atoms with van der Waals surface area (Å²) in [5.74, 6) is -8.55. The second-order valence-electron chi connectivity index (χ2n) is 17.3. The molecule has 22 nitrogen and oxygen atoms in total. The molecule has 4 amide bonds. The van der Waals surface area contributed by atoms with E-state index in [0.29, 0.717) is 31.7 Å². The third-order valence-electron chi connectivity index (χ3n) is 10.9. The molecule has 0 fully saturated rings. The first-order valence-electron chi connectivity index (χ1n) is 22.6. The van der Waals surface area contributed by atoms with Crippen LogP contribution in [-0.2, 0) is 38.9 Å². The van der Waals surface area contributed by atoms with E-state index in [0.717, 1.165) is 34.8 Å². The molecule has 0 aliphatic carbocycles. The number of ether oxygens (including phenoxy) is 1. The molecule has 5 rings (SSSR count). The molecule has 3 unspecified atom stereocenters. The first-order valence-corrected chi connectivity index (χ1v) is 24.0. The lowest BCUT2D eigenvalue weighted by Gasteiger charge is -2.27. The van der Waals surface area contributed by atoms with Gasteiger partial charge in [-0.15, -0.1) is 0 Å². The standard InChI is InChI=1S/C50H54N8O14S/c1-50(2,21-11-12-22-72-43-24-35(31-13-5-3-6-14-31)23-36(55-43)32-15-7-4-8-16-32)30-52-47(65)37(25-42(59)54-38(26-44(60)61)48(66)57-39(49(67)68)27-45(62)63)56-46(64)34-19-20-41(51-28-34)58-53-29-33-17-9-10-18-40(33)73(69,70)71/h3-10,13-20,23-24,28-29,37-39H,11-12,21-22,25-27,30H2,1-2H3,(H,51,58)(H,52,65)(H,54,59)(H,56,64)(H,57,66)(H,60,61)(H,62,63)(H,67,68)(H,69,70,71). The van der Waals surface area contributed by atoms with Gasteiger partial charge in [0.15, 0.2) is 0 Å². The second-order valence-corrected chi connectivity index (χ2v) is 18.6. The number of unbranched alkanes of at least 4 members (excludes halogenated alkanes) is 1. The molecule has 0 radical (unpaired) electrons. The number of rotatable bonds is 27. The summed E-state index contributed by atoms with van der Waals surface area (Å²) in [7, 11) is -4.55. The number of carbonyl (C=O) groups excluding carboxylic acids is 4. The van der Waals surface area contributed by atoms with Gasteiger partial charge in [0, 0.05) is 29.9 Å². The second kappa shape index (κ2) is 26.0. The maximum atomic E-state index is 13.9. The topological polar surface area (TPSA) is 342 Å². The van der Waals surface area contributed by atoms with Gasteiger partial charge >= 0.3 is 17.9 Å². The van der Waals surface area contributed by atoms with Gasteiger partial charge in [-0.1, -0.05) is 92.7 Å². The minimum absolute atomic E-state index is 0.0587. The Bertz CT molecular complexity index is 2850. The Morgan fingerprint density at radius 1 is 0.712 bits per heavy atom. The van der Waals surface area contributed by atoms with E-state index >= 15 is 0 Å². The van der Waals surface area contributed by atoms with Crippen molar-refractivity contribution in [2.75, 3.05) is 18.6 Å². The van der Waals surface area contributed by atoms with Gasteiger partial charge in [-0.05, 0) is 60.1 Å². The Hall–Kier alpha value is -8.57. The Labute approximate surface area is 419 Å². The molecular weight excluding hydrogens is 969 g/mol. The number of carboxylic acid groups (broad SMARTS) is 3. The van der Waals surface area contributed by atoms with Crippen molar-refractivity contribution >= 4 is 63.7 Å². The molecule has 23 heteroatoms. The van der Waals surface area contributed by atoms with Crippen LogP contribution in [0.1, 0.15) is 68.3 Å². The highest BCUT2D eigenvalue weighted by molar-refractivity contribution is 7.86. The molecule has 0 spiro atoms. The van der Waals surface area contributed by atoms with Crippen LogP contribution in [0.5, 0.6) is 5.88 Å². The van der Waals surface area contributed by atoms with Gasteiger partial charge in [0.25, 0.3) is 16.0 Å². The number of hydrogen-bond donors (Lipinski definition) is 9. The minimum atomic E-state index is -4.55. The quantitative estimate of drug-likeness (QED) is 0.0152. The molecule has 0 bridgehead atoms. The summed E-state index contributed by atoms with van der Waals surface area (Å²) in [6.45, 7) is 4.19. The van der Waals surface area contributed by atoms with E-state index in [1.165, 1.54) is 36.4 Å². The number of hydrogen-bond acceptors (Lipinski definition) is 14. The van der Waals surface area contributed by atoms with Gasteiger partial charge in [0.2, 0.25) is 23.6 Å². The normalized spacial score (nSPS) is 12.6. The van der Waals surface area contributed by atoms with E-state index in [9.17, 15) is 56.7 Å². The Morgan fingerprint density at radius 2 is 1.34 bits per heavy atom. The van der Waals surface area contributed by atoms with Crippen LogP contribution in [0.3, 0.4) is 0 Å². The molecule has 2 aromatic heterocycles. The van der Waals surface area contributed by atoms with Gasteiger partial charge in [-0.25, -0.2) is 14.8 Å². The maximum Gasteiger partial charge on any atom is 0.326 e. The minimum Gasteiger partial charge on any atom is -0.481 e. The van der Waals surface area contributed by atoms with Crippen molar-refractivity contribution in [1.82, 2.24) is 31.2 Å². The first kappa shape index (κ1) is 55.4. The van der Waals surface area contributed by atoms with Crippen LogP contribution in [-0.4, -0.2) is 117 Å². The largest absolute Gasteiger partial charge is 0.481 e. The Balaban J connectivity index is 1.24. The van der Waals surface area contributed by atoms with Gasteiger partial charge < -0.3 is 41.3 Å². The molecule has 3 aromatic carbocycles. The van der Waals surface area contributed by atoms with Crippen LogP contribution in [0.4, 0.5) is 5.82 Å². The zero-order valence-electron chi connectivity index (χ0n) is 39.6.